The van der Waals surface area contributed by atoms with Crippen LogP contribution < -0.4 is 4.74 Å². The van der Waals surface area contributed by atoms with E-state index in [4.69, 9.17) is 4.74 Å². The van der Waals surface area contributed by atoms with Crippen LogP contribution in [0, 0.1) is 5.41 Å². The number of benzene rings is 1. The number of H-pyrrole nitrogens is 1. The van der Waals surface area contributed by atoms with Crippen molar-refractivity contribution in [1.82, 2.24) is 10.2 Å². The van der Waals surface area contributed by atoms with Gasteiger partial charge in [0.2, 0.25) is 0 Å². The molecule has 0 unspecified atom stereocenters. The van der Waals surface area contributed by atoms with Crippen LogP contribution >= 0.6 is 0 Å². The van der Waals surface area contributed by atoms with Gasteiger partial charge in [0.1, 0.15) is 5.75 Å². The fourth-order valence-corrected chi connectivity index (χ4v) is 5.24. The Balaban J connectivity index is 1.84. The number of aromatic amines is 1. The second-order valence-electron chi connectivity index (χ2n) is 8.36. The standard InChI is InChI=1S/C21H22N2O2/c1-20(2)10-13-9-16-15(12-22-23-16)21(19(13)17(24)11-20)7-8-25-18-6-4-3-5-14(18)21/h3-6,12H,7-11H2,1-2H3,(H,22,23)/t21-/m0/s1. The molecule has 2 heterocycles. The topological polar surface area (TPSA) is 55.0 Å². The maximum Gasteiger partial charge on any atom is 0.160 e. The van der Waals surface area contributed by atoms with Crippen LogP contribution in [0.4, 0.5) is 0 Å². The van der Waals surface area contributed by atoms with Crippen LogP contribution in [0.1, 0.15) is 49.9 Å². The Bertz CT molecular complexity index is 921. The van der Waals surface area contributed by atoms with Gasteiger partial charge in [-0.15, -0.1) is 0 Å². The van der Waals surface area contributed by atoms with Crippen molar-refractivity contribution in [2.45, 2.75) is 44.9 Å². The Morgan fingerprint density at radius 1 is 1.16 bits per heavy atom. The van der Waals surface area contributed by atoms with Crippen molar-refractivity contribution in [1.29, 1.82) is 0 Å². The molecule has 5 rings (SSSR count). The van der Waals surface area contributed by atoms with Gasteiger partial charge in [-0.2, -0.15) is 5.10 Å². The highest BCUT2D eigenvalue weighted by Gasteiger charge is 2.52. The normalized spacial score (nSPS) is 26.7. The van der Waals surface area contributed by atoms with Gasteiger partial charge in [-0.05, 0) is 24.3 Å². The number of carbonyl (C=O) groups excluding carboxylic acids is 1. The van der Waals surface area contributed by atoms with Gasteiger partial charge in [0.05, 0.1) is 18.2 Å². The van der Waals surface area contributed by atoms with Gasteiger partial charge in [-0.1, -0.05) is 37.6 Å². The Kier molecular flexibility index (Phi) is 2.89. The average molecular weight is 334 g/mol. The van der Waals surface area contributed by atoms with Gasteiger partial charge in [-0.3, -0.25) is 9.89 Å². The minimum Gasteiger partial charge on any atom is -0.493 e. The Hall–Kier alpha value is -2.36. The van der Waals surface area contributed by atoms with Gasteiger partial charge in [-0.25, -0.2) is 0 Å². The molecule has 0 saturated heterocycles. The molecule has 1 N–H and O–H groups in total. The van der Waals surface area contributed by atoms with Gasteiger partial charge in [0.15, 0.2) is 5.78 Å². The van der Waals surface area contributed by atoms with E-state index in [0.29, 0.717) is 18.8 Å². The molecule has 4 heteroatoms. The minimum absolute atomic E-state index is 0.0271. The van der Waals surface area contributed by atoms with E-state index >= 15 is 0 Å². The molecular formula is C21H22N2O2. The summed E-state index contributed by atoms with van der Waals surface area (Å²) in [5.41, 5.74) is 5.36. The maximum absolute atomic E-state index is 13.3. The summed E-state index contributed by atoms with van der Waals surface area (Å²) in [6, 6.07) is 8.18. The van der Waals surface area contributed by atoms with Crippen molar-refractivity contribution in [3.8, 4) is 5.75 Å². The number of aromatic nitrogens is 2. The SMILES string of the molecule is CC1(C)CC(=O)C2=C(Cc3[nH]ncc3[C@@]23CCOc2ccccc23)C1. The van der Waals surface area contributed by atoms with Gasteiger partial charge in [0.25, 0.3) is 0 Å². The third-order valence-electron chi connectivity index (χ3n) is 6.04. The van der Waals surface area contributed by atoms with Crippen molar-refractivity contribution in [3.05, 3.63) is 58.4 Å². The molecule has 128 valence electrons. The first-order valence-electron chi connectivity index (χ1n) is 9.02. The van der Waals surface area contributed by atoms with Crippen LogP contribution in [0.2, 0.25) is 0 Å². The quantitative estimate of drug-likeness (QED) is 0.799. The van der Waals surface area contributed by atoms with Crippen LogP contribution in [0.5, 0.6) is 5.75 Å². The molecule has 0 bridgehead atoms. The molecule has 1 aromatic carbocycles. The monoisotopic (exact) mass is 334 g/mol. The predicted octanol–water partition coefficient (Wildman–Crippen LogP) is 3.72. The number of para-hydroxylation sites is 1. The number of rotatable bonds is 0. The summed E-state index contributed by atoms with van der Waals surface area (Å²) in [5.74, 6) is 1.20. The average Bonchev–Trinajstić information content (AvgIpc) is 3.02. The van der Waals surface area contributed by atoms with Crippen LogP contribution in [0.3, 0.4) is 0 Å². The van der Waals surface area contributed by atoms with Crippen LogP contribution in [-0.4, -0.2) is 22.6 Å². The van der Waals surface area contributed by atoms with E-state index in [9.17, 15) is 4.79 Å². The number of allylic oxidation sites excluding steroid dienone is 2. The summed E-state index contributed by atoms with van der Waals surface area (Å²) in [6.07, 6.45) is 5.11. The maximum atomic E-state index is 13.3. The van der Waals surface area contributed by atoms with E-state index in [2.05, 4.69) is 30.1 Å². The van der Waals surface area contributed by atoms with Crippen molar-refractivity contribution in [2.75, 3.05) is 6.61 Å². The molecule has 1 aromatic heterocycles. The fourth-order valence-electron chi connectivity index (χ4n) is 5.24. The third-order valence-corrected chi connectivity index (χ3v) is 6.04. The molecule has 1 spiro atoms. The van der Waals surface area contributed by atoms with Gasteiger partial charge >= 0.3 is 0 Å². The first-order chi connectivity index (χ1) is 12.0. The highest BCUT2D eigenvalue weighted by molar-refractivity contribution is 6.02. The van der Waals surface area contributed by atoms with Gasteiger partial charge < -0.3 is 4.74 Å². The molecule has 3 aliphatic rings. The molecule has 0 amide bonds. The molecular weight excluding hydrogens is 312 g/mol. The molecule has 1 aliphatic heterocycles. The van der Waals surface area contributed by atoms with E-state index in [0.717, 1.165) is 47.4 Å². The van der Waals surface area contributed by atoms with E-state index in [1.54, 1.807) is 0 Å². The van der Waals surface area contributed by atoms with Crippen molar-refractivity contribution in [2.24, 2.45) is 5.41 Å². The Morgan fingerprint density at radius 2 is 2.00 bits per heavy atom. The molecule has 2 aromatic rings. The summed E-state index contributed by atoms with van der Waals surface area (Å²) in [6.45, 7) is 5.01. The highest BCUT2D eigenvalue weighted by Crippen LogP contribution is 2.56. The largest absolute Gasteiger partial charge is 0.493 e. The summed E-state index contributed by atoms with van der Waals surface area (Å²) in [4.78, 5) is 13.3. The van der Waals surface area contributed by atoms with E-state index in [1.807, 2.05) is 24.4 Å². The Morgan fingerprint density at radius 3 is 2.88 bits per heavy atom. The number of ketones is 1. The number of nitrogens with one attached hydrogen (secondary N) is 1. The molecule has 0 fully saturated rings. The fraction of sp³-hybridized carbons (Fsp3) is 0.429. The molecule has 1 atom stereocenters. The number of hydrogen-bond donors (Lipinski definition) is 1. The zero-order valence-electron chi connectivity index (χ0n) is 14.7. The predicted molar refractivity (Wildman–Crippen MR) is 94.7 cm³/mol. The van der Waals surface area contributed by atoms with Crippen LogP contribution in [0.25, 0.3) is 0 Å². The second kappa shape index (κ2) is 4.84. The lowest BCUT2D eigenvalue weighted by atomic mass is 9.56. The summed E-state index contributed by atoms with van der Waals surface area (Å²) >= 11 is 0. The highest BCUT2D eigenvalue weighted by atomic mass is 16.5. The summed E-state index contributed by atoms with van der Waals surface area (Å²) in [5, 5.41) is 7.54. The molecule has 4 nitrogen and oxygen atoms in total. The Labute approximate surface area is 147 Å². The molecule has 0 saturated carbocycles. The first-order valence-corrected chi connectivity index (χ1v) is 9.02. The lowest BCUT2D eigenvalue weighted by Crippen LogP contribution is -2.45. The smallest absolute Gasteiger partial charge is 0.160 e. The summed E-state index contributed by atoms with van der Waals surface area (Å²) in [7, 11) is 0. The zero-order valence-corrected chi connectivity index (χ0v) is 14.7. The molecule has 25 heavy (non-hydrogen) atoms. The second-order valence-corrected chi connectivity index (χ2v) is 8.36. The third kappa shape index (κ3) is 1.94. The minimum atomic E-state index is -0.404. The van der Waals surface area contributed by atoms with Gasteiger partial charge in [0, 0.05) is 35.2 Å². The number of Topliss-reactive ketones (excluding diaryl/α,β-unsaturated/α-hetero) is 1. The zero-order chi connectivity index (χ0) is 17.2. The van der Waals surface area contributed by atoms with Crippen LogP contribution in [-0.2, 0) is 16.6 Å². The first kappa shape index (κ1) is 14.9. The van der Waals surface area contributed by atoms with Crippen molar-refractivity contribution < 1.29 is 9.53 Å². The lowest BCUT2D eigenvalue weighted by molar-refractivity contribution is -0.118. The summed E-state index contributed by atoms with van der Waals surface area (Å²) < 4.78 is 5.93. The number of hydrogen-bond acceptors (Lipinski definition) is 3. The number of nitrogens with zero attached hydrogens (tertiary/aromatic N) is 1. The van der Waals surface area contributed by atoms with E-state index in [1.165, 1.54) is 5.57 Å². The number of carbonyl (C=O) groups is 1. The van der Waals surface area contributed by atoms with E-state index < -0.39 is 5.41 Å². The van der Waals surface area contributed by atoms with E-state index in [-0.39, 0.29) is 5.41 Å². The van der Waals surface area contributed by atoms with Crippen LogP contribution in [0.15, 0.2) is 41.6 Å². The lowest BCUT2D eigenvalue weighted by Gasteiger charge is -2.47. The molecule has 0 radical (unpaired) electrons. The van der Waals surface area contributed by atoms with Crippen molar-refractivity contribution in [3.63, 3.8) is 0 Å². The molecule has 2 aliphatic carbocycles. The van der Waals surface area contributed by atoms with Crippen molar-refractivity contribution >= 4 is 5.78 Å². The number of ether oxygens (including phenoxy) is 1. The number of fused-ring (bicyclic) bond motifs is 5.